The fourth-order valence-electron chi connectivity index (χ4n) is 2.66. The molecule has 0 radical (unpaired) electrons. The van der Waals surface area contributed by atoms with Crippen molar-refractivity contribution < 1.29 is 19.4 Å². The first-order chi connectivity index (χ1) is 9.99. The van der Waals surface area contributed by atoms with Gasteiger partial charge >= 0.3 is 5.97 Å². The number of carboxylic acids is 1. The van der Waals surface area contributed by atoms with Gasteiger partial charge in [-0.2, -0.15) is 0 Å². The highest BCUT2D eigenvalue weighted by molar-refractivity contribution is 9.10. The summed E-state index contributed by atoms with van der Waals surface area (Å²) >= 11 is 3.45. The average Bonchev–Trinajstić information content (AvgIpc) is 2.47. The lowest BCUT2D eigenvalue weighted by Gasteiger charge is -2.36. The predicted molar refractivity (Wildman–Crippen MR) is 80.9 cm³/mol. The fourth-order valence-corrected chi connectivity index (χ4v) is 3.23. The van der Waals surface area contributed by atoms with E-state index in [1.165, 1.54) is 12.0 Å². The molecule has 21 heavy (non-hydrogen) atoms. The zero-order valence-corrected chi connectivity index (χ0v) is 13.6. The number of carbonyl (C=O) groups is 2. The first-order valence-corrected chi connectivity index (χ1v) is 7.61. The van der Waals surface area contributed by atoms with Gasteiger partial charge in [0.15, 0.2) is 0 Å². The van der Waals surface area contributed by atoms with Crippen LogP contribution in [0.1, 0.15) is 24.5 Å². The predicted octanol–water partition coefficient (Wildman–Crippen LogP) is 2.21. The van der Waals surface area contributed by atoms with Crippen LogP contribution in [0.25, 0.3) is 0 Å². The fraction of sp³-hybridized carbons (Fsp3) is 0.467. The van der Waals surface area contributed by atoms with Crippen molar-refractivity contribution in [3.63, 3.8) is 0 Å². The lowest BCUT2D eigenvalue weighted by atomic mass is 9.93. The number of hydrogen-bond donors (Lipinski definition) is 1. The standard InChI is InChI=1S/C15H18BrNO4/c1-3-13(21-2)14(18)17-8-9-5-4-6-11(16)10(9)7-12(17)15(19)20/h4-6,12-13H,3,7-8H2,1-2H3,(H,19,20). The van der Waals surface area contributed by atoms with Gasteiger partial charge in [0, 0.05) is 24.5 Å². The van der Waals surface area contributed by atoms with Crippen molar-refractivity contribution in [2.24, 2.45) is 0 Å². The highest BCUT2D eigenvalue weighted by Gasteiger charge is 2.37. The Morgan fingerprint density at radius 2 is 2.24 bits per heavy atom. The molecule has 0 fully saturated rings. The molecule has 6 heteroatoms. The molecule has 0 spiro atoms. The van der Waals surface area contributed by atoms with Crippen molar-refractivity contribution >= 4 is 27.8 Å². The minimum atomic E-state index is -0.990. The van der Waals surface area contributed by atoms with Crippen LogP contribution in [0.4, 0.5) is 0 Å². The molecule has 1 aliphatic rings. The van der Waals surface area contributed by atoms with E-state index in [9.17, 15) is 14.7 Å². The molecule has 0 saturated carbocycles. The van der Waals surface area contributed by atoms with Crippen LogP contribution < -0.4 is 0 Å². The molecule has 114 valence electrons. The van der Waals surface area contributed by atoms with Crippen LogP contribution in [0.5, 0.6) is 0 Å². The van der Waals surface area contributed by atoms with Crippen LogP contribution >= 0.6 is 15.9 Å². The van der Waals surface area contributed by atoms with Crippen molar-refractivity contribution in [1.82, 2.24) is 4.90 Å². The number of amides is 1. The van der Waals surface area contributed by atoms with Crippen molar-refractivity contribution in [3.05, 3.63) is 33.8 Å². The number of fused-ring (bicyclic) bond motifs is 1. The maximum absolute atomic E-state index is 12.5. The minimum Gasteiger partial charge on any atom is -0.480 e. The molecule has 2 unspecified atom stereocenters. The first kappa shape index (κ1) is 16.0. The molecule has 1 N–H and O–H groups in total. The number of aliphatic carboxylic acids is 1. The Hall–Kier alpha value is -1.40. The van der Waals surface area contributed by atoms with E-state index in [-0.39, 0.29) is 5.91 Å². The third kappa shape index (κ3) is 3.11. The lowest BCUT2D eigenvalue weighted by molar-refractivity contribution is -0.156. The molecule has 0 aromatic heterocycles. The molecule has 0 bridgehead atoms. The molecule has 2 rings (SSSR count). The largest absolute Gasteiger partial charge is 0.480 e. The maximum Gasteiger partial charge on any atom is 0.326 e. The smallest absolute Gasteiger partial charge is 0.326 e. The molecule has 0 saturated heterocycles. The van der Waals surface area contributed by atoms with Crippen LogP contribution in [0.15, 0.2) is 22.7 Å². The van der Waals surface area contributed by atoms with Crippen molar-refractivity contribution in [2.75, 3.05) is 7.11 Å². The molecule has 2 atom stereocenters. The van der Waals surface area contributed by atoms with Gasteiger partial charge in [-0.25, -0.2) is 4.79 Å². The summed E-state index contributed by atoms with van der Waals surface area (Å²) in [5.74, 6) is -1.26. The number of rotatable bonds is 4. The SMILES string of the molecule is CCC(OC)C(=O)N1Cc2cccc(Br)c2CC1C(=O)O. The number of nitrogens with zero attached hydrogens (tertiary/aromatic N) is 1. The number of methoxy groups -OCH3 is 1. The molecule has 5 nitrogen and oxygen atoms in total. The summed E-state index contributed by atoms with van der Waals surface area (Å²) in [4.78, 5) is 25.4. The van der Waals surface area contributed by atoms with E-state index >= 15 is 0 Å². The molecular formula is C15H18BrNO4. The number of benzene rings is 1. The van der Waals surface area contributed by atoms with Gasteiger partial charge in [-0.3, -0.25) is 4.79 Å². The maximum atomic E-state index is 12.5. The van der Waals surface area contributed by atoms with E-state index in [4.69, 9.17) is 4.74 Å². The van der Waals surface area contributed by atoms with Gasteiger partial charge in [-0.05, 0) is 23.6 Å². The Bertz CT molecular complexity index is 557. The van der Waals surface area contributed by atoms with Gasteiger partial charge in [0.05, 0.1) is 0 Å². The van der Waals surface area contributed by atoms with E-state index in [2.05, 4.69) is 15.9 Å². The summed E-state index contributed by atoms with van der Waals surface area (Å²) in [5.41, 5.74) is 1.93. The van der Waals surface area contributed by atoms with E-state index in [0.29, 0.717) is 19.4 Å². The average molecular weight is 356 g/mol. The Balaban J connectivity index is 2.36. The molecule has 1 amide bonds. The number of halogens is 1. The van der Waals surface area contributed by atoms with Gasteiger partial charge in [0.1, 0.15) is 12.1 Å². The molecule has 1 heterocycles. The van der Waals surface area contributed by atoms with Crippen molar-refractivity contribution in [2.45, 2.75) is 38.5 Å². The van der Waals surface area contributed by atoms with Crippen LogP contribution in [-0.2, 0) is 27.3 Å². The summed E-state index contributed by atoms with van der Waals surface area (Å²) in [5, 5.41) is 9.45. The summed E-state index contributed by atoms with van der Waals surface area (Å²) in [6.07, 6.45) is 0.224. The van der Waals surface area contributed by atoms with E-state index < -0.39 is 18.1 Å². The van der Waals surface area contributed by atoms with Gasteiger partial charge < -0.3 is 14.7 Å². The zero-order valence-electron chi connectivity index (χ0n) is 12.0. The Labute approximate surface area is 132 Å². The zero-order chi connectivity index (χ0) is 15.6. The Kier molecular flexibility index (Phi) is 5.00. The molecule has 0 aliphatic carbocycles. The lowest BCUT2D eigenvalue weighted by Crippen LogP contribution is -2.52. The second-order valence-electron chi connectivity index (χ2n) is 5.03. The third-order valence-corrected chi connectivity index (χ3v) is 4.57. The molecular weight excluding hydrogens is 338 g/mol. The second-order valence-corrected chi connectivity index (χ2v) is 5.89. The van der Waals surface area contributed by atoms with Gasteiger partial charge in [-0.1, -0.05) is 35.0 Å². The molecule has 1 aromatic carbocycles. The number of ether oxygens (including phenoxy) is 1. The number of carbonyl (C=O) groups excluding carboxylic acids is 1. The molecule has 1 aromatic rings. The monoisotopic (exact) mass is 355 g/mol. The van der Waals surface area contributed by atoms with E-state index in [0.717, 1.165) is 15.6 Å². The molecule has 1 aliphatic heterocycles. The van der Waals surface area contributed by atoms with Crippen molar-refractivity contribution in [3.8, 4) is 0 Å². The summed E-state index contributed by atoms with van der Waals surface area (Å²) < 4.78 is 6.05. The Morgan fingerprint density at radius 3 is 2.81 bits per heavy atom. The van der Waals surface area contributed by atoms with E-state index in [1.54, 1.807) is 0 Å². The van der Waals surface area contributed by atoms with Gasteiger partial charge in [-0.15, -0.1) is 0 Å². The Morgan fingerprint density at radius 1 is 1.52 bits per heavy atom. The summed E-state index contributed by atoms with van der Waals surface area (Å²) in [7, 11) is 1.47. The van der Waals surface area contributed by atoms with Crippen LogP contribution in [0.3, 0.4) is 0 Å². The van der Waals surface area contributed by atoms with E-state index in [1.807, 2.05) is 25.1 Å². The third-order valence-electron chi connectivity index (χ3n) is 3.83. The summed E-state index contributed by atoms with van der Waals surface area (Å²) in [6.45, 7) is 2.14. The van der Waals surface area contributed by atoms with Crippen LogP contribution in [0.2, 0.25) is 0 Å². The van der Waals surface area contributed by atoms with Crippen LogP contribution in [-0.4, -0.2) is 41.1 Å². The highest BCUT2D eigenvalue weighted by Crippen LogP contribution is 2.30. The second kappa shape index (κ2) is 6.58. The first-order valence-electron chi connectivity index (χ1n) is 6.81. The topological polar surface area (TPSA) is 66.8 Å². The van der Waals surface area contributed by atoms with Crippen LogP contribution in [0, 0.1) is 0 Å². The highest BCUT2D eigenvalue weighted by atomic mass is 79.9. The normalized spacial score (nSPS) is 19.0. The van der Waals surface area contributed by atoms with Crippen molar-refractivity contribution in [1.29, 1.82) is 0 Å². The van der Waals surface area contributed by atoms with Gasteiger partial charge in [0.25, 0.3) is 5.91 Å². The number of hydrogen-bond acceptors (Lipinski definition) is 3. The quantitative estimate of drug-likeness (QED) is 0.898. The van der Waals surface area contributed by atoms with Gasteiger partial charge in [0.2, 0.25) is 0 Å². The minimum absolute atomic E-state index is 0.266. The number of carboxylic acid groups (broad SMARTS) is 1. The summed E-state index contributed by atoms with van der Waals surface area (Å²) in [6, 6.07) is 4.85.